The number of hydrogen-bond acceptors (Lipinski definition) is 4. The maximum atomic E-state index is 11.0. The van der Waals surface area contributed by atoms with E-state index in [4.69, 9.17) is 4.74 Å². The fourth-order valence-electron chi connectivity index (χ4n) is 2.69. The number of methoxy groups -OCH3 is 1. The van der Waals surface area contributed by atoms with Gasteiger partial charge in [-0.25, -0.2) is 0 Å². The van der Waals surface area contributed by atoms with Crippen LogP contribution in [0.15, 0.2) is 18.2 Å². The molecule has 0 aromatic heterocycles. The van der Waals surface area contributed by atoms with E-state index in [1.165, 1.54) is 26.4 Å². The minimum atomic E-state index is -0.402. The minimum Gasteiger partial charge on any atom is -0.490 e. The van der Waals surface area contributed by atoms with Gasteiger partial charge in [-0.2, -0.15) is 0 Å². The Morgan fingerprint density at radius 2 is 2.26 bits per heavy atom. The minimum absolute atomic E-state index is 0.0290. The maximum Gasteiger partial charge on any atom is 0.311 e. The number of rotatable bonds is 5. The molecular weight excluding hydrogens is 244 g/mol. The highest BCUT2D eigenvalue weighted by Crippen LogP contribution is 2.28. The molecular formula is C14H20N2O3. The lowest BCUT2D eigenvalue weighted by atomic mass is 10.1. The zero-order valence-corrected chi connectivity index (χ0v) is 11.4. The first-order valence-electron chi connectivity index (χ1n) is 6.66. The molecule has 104 valence electrons. The van der Waals surface area contributed by atoms with E-state index in [0.717, 1.165) is 5.56 Å². The fraction of sp³-hybridized carbons (Fsp3) is 0.571. The summed E-state index contributed by atoms with van der Waals surface area (Å²) in [6, 6.07) is 5.65. The lowest BCUT2D eigenvalue weighted by molar-refractivity contribution is -0.385. The molecule has 0 saturated heterocycles. The summed E-state index contributed by atoms with van der Waals surface area (Å²) in [4.78, 5) is 10.5. The van der Waals surface area contributed by atoms with Crippen LogP contribution in [0.25, 0.3) is 0 Å². The SMILES string of the molecule is COc1ccc(CNC2CCCC2C)cc1[N+](=O)[O-]. The highest BCUT2D eigenvalue weighted by atomic mass is 16.6. The van der Waals surface area contributed by atoms with Crippen molar-refractivity contribution in [2.45, 2.75) is 38.8 Å². The Labute approximate surface area is 113 Å². The van der Waals surface area contributed by atoms with E-state index in [2.05, 4.69) is 12.2 Å². The van der Waals surface area contributed by atoms with Crippen LogP contribution in [0.1, 0.15) is 31.7 Å². The molecule has 0 bridgehead atoms. The third-order valence-electron chi connectivity index (χ3n) is 3.87. The van der Waals surface area contributed by atoms with Gasteiger partial charge in [0.2, 0.25) is 0 Å². The molecule has 2 unspecified atom stereocenters. The van der Waals surface area contributed by atoms with Gasteiger partial charge >= 0.3 is 5.69 Å². The van der Waals surface area contributed by atoms with Crippen LogP contribution in [0.4, 0.5) is 5.69 Å². The van der Waals surface area contributed by atoms with Crippen LogP contribution in [0.2, 0.25) is 0 Å². The monoisotopic (exact) mass is 264 g/mol. The summed E-state index contributed by atoms with van der Waals surface area (Å²) in [5.41, 5.74) is 0.952. The van der Waals surface area contributed by atoms with Crippen molar-refractivity contribution in [3.63, 3.8) is 0 Å². The largest absolute Gasteiger partial charge is 0.490 e. The normalized spacial score (nSPS) is 22.4. The molecule has 5 nitrogen and oxygen atoms in total. The Morgan fingerprint density at radius 3 is 2.84 bits per heavy atom. The Kier molecular flexibility index (Phi) is 4.37. The van der Waals surface area contributed by atoms with Crippen LogP contribution in [0, 0.1) is 16.0 Å². The molecule has 1 aliphatic carbocycles. The first-order valence-corrected chi connectivity index (χ1v) is 6.66. The van der Waals surface area contributed by atoms with Crippen LogP contribution in [-0.4, -0.2) is 18.1 Å². The maximum absolute atomic E-state index is 11.0. The fourth-order valence-corrected chi connectivity index (χ4v) is 2.69. The summed E-state index contributed by atoms with van der Waals surface area (Å²) in [6.07, 6.45) is 3.72. The smallest absolute Gasteiger partial charge is 0.311 e. The van der Waals surface area contributed by atoms with E-state index in [9.17, 15) is 10.1 Å². The number of nitro benzene ring substituents is 1. The predicted octanol–water partition coefficient (Wildman–Crippen LogP) is 2.88. The summed E-state index contributed by atoms with van der Waals surface area (Å²) in [5, 5.41) is 14.4. The van der Waals surface area contributed by atoms with Gasteiger partial charge in [0.05, 0.1) is 12.0 Å². The number of hydrogen-bond donors (Lipinski definition) is 1. The van der Waals surface area contributed by atoms with Gasteiger partial charge in [-0.05, 0) is 30.4 Å². The molecule has 1 N–H and O–H groups in total. The summed E-state index contributed by atoms with van der Waals surface area (Å²) in [6.45, 7) is 2.92. The zero-order valence-electron chi connectivity index (χ0n) is 11.4. The lowest BCUT2D eigenvalue weighted by Gasteiger charge is -2.17. The van der Waals surface area contributed by atoms with Crippen molar-refractivity contribution in [3.8, 4) is 5.75 Å². The number of benzene rings is 1. The first kappa shape index (κ1) is 13.8. The van der Waals surface area contributed by atoms with Crippen LogP contribution in [-0.2, 0) is 6.54 Å². The summed E-state index contributed by atoms with van der Waals surface area (Å²) >= 11 is 0. The first-order chi connectivity index (χ1) is 9.11. The number of nitro groups is 1. The standard InChI is InChI=1S/C14H20N2O3/c1-10-4-3-5-12(10)15-9-11-6-7-14(19-2)13(8-11)16(17)18/h6-8,10,12,15H,3-5,9H2,1-2H3. The average Bonchev–Trinajstić information content (AvgIpc) is 2.81. The van der Waals surface area contributed by atoms with Gasteiger partial charge < -0.3 is 10.1 Å². The predicted molar refractivity (Wildman–Crippen MR) is 73.3 cm³/mol. The van der Waals surface area contributed by atoms with Gasteiger partial charge in [0.15, 0.2) is 5.75 Å². The lowest BCUT2D eigenvalue weighted by Crippen LogP contribution is -2.30. The van der Waals surface area contributed by atoms with Crippen molar-refractivity contribution < 1.29 is 9.66 Å². The van der Waals surface area contributed by atoms with Gasteiger partial charge in [0.25, 0.3) is 0 Å². The van der Waals surface area contributed by atoms with E-state index < -0.39 is 4.92 Å². The molecule has 0 spiro atoms. The second-order valence-electron chi connectivity index (χ2n) is 5.16. The van der Waals surface area contributed by atoms with Crippen molar-refractivity contribution in [2.24, 2.45) is 5.92 Å². The Morgan fingerprint density at radius 1 is 1.47 bits per heavy atom. The van der Waals surface area contributed by atoms with Crippen molar-refractivity contribution in [3.05, 3.63) is 33.9 Å². The van der Waals surface area contributed by atoms with E-state index in [-0.39, 0.29) is 5.69 Å². The van der Waals surface area contributed by atoms with Crippen LogP contribution in [0.3, 0.4) is 0 Å². The van der Waals surface area contributed by atoms with E-state index in [1.807, 2.05) is 6.07 Å². The van der Waals surface area contributed by atoms with Crippen molar-refractivity contribution in [2.75, 3.05) is 7.11 Å². The Bertz CT molecular complexity index is 462. The topological polar surface area (TPSA) is 64.4 Å². The Hall–Kier alpha value is -1.62. The molecule has 19 heavy (non-hydrogen) atoms. The van der Waals surface area contributed by atoms with Crippen LogP contribution < -0.4 is 10.1 Å². The summed E-state index contributed by atoms with van der Waals surface area (Å²) in [5.74, 6) is 0.996. The molecule has 0 aliphatic heterocycles. The molecule has 1 aromatic carbocycles. The van der Waals surface area contributed by atoms with Crippen molar-refractivity contribution in [1.82, 2.24) is 5.32 Å². The van der Waals surface area contributed by atoms with Gasteiger partial charge in [-0.3, -0.25) is 10.1 Å². The van der Waals surface area contributed by atoms with Gasteiger partial charge in [0, 0.05) is 18.7 Å². The van der Waals surface area contributed by atoms with Crippen LogP contribution >= 0.6 is 0 Å². The molecule has 1 saturated carbocycles. The average molecular weight is 264 g/mol. The van der Waals surface area contributed by atoms with E-state index >= 15 is 0 Å². The second-order valence-corrected chi connectivity index (χ2v) is 5.16. The zero-order chi connectivity index (χ0) is 13.8. The molecule has 0 amide bonds. The van der Waals surface area contributed by atoms with Crippen molar-refractivity contribution >= 4 is 5.69 Å². The molecule has 0 heterocycles. The molecule has 5 heteroatoms. The Balaban J connectivity index is 2.04. The van der Waals surface area contributed by atoms with Gasteiger partial charge in [-0.15, -0.1) is 0 Å². The van der Waals surface area contributed by atoms with Gasteiger partial charge in [0.1, 0.15) is 0 Å². The van der Waals surface area contributed by atoms with Crippen molar-refractivity contribution in [1.29, 1.82) is 0 Å². The third kappa shape index (κ3) is 3.23. The quantitative estimate of drug-likeness (QED) is 0.656. The third-order valence-corrected chi connectivity index (χ3v) is 3.87. The molecule has 1 aromatic rings. The summed E-state index contributed by atoms with van der Waals surface area (Å²) < 4.78 is 4.99. The second kappa shape index (κ2) is 6.02. The highest BCUT2D eigenvalue weighted by Gasteiger charge is 2.23. The number of nitrogens with one attached hydrogen (secondary N) is 1. The van der Waals surface area contributed by atoms with E-state index in [1.54, 1.807) is 12.1 Å². The molecule has 1 fully saturated rings. The van der Waals surface area contributed by atoms with Crippen LogP contribution in [0.5, 0.6) is 5.75 Å². The summed E-state index contributed by atoms with van der Waals surface area (Å²) in [7, 11) is 1.44. The highest BCUT2D eigenvalue weighted by molar-refractivity contribution is 5.48. The number of ether oxygens (including phenoxy) is 1. The van der Waals surface area contributed by atoms with E-state index in [0.29, 0.717) is 24.3 Å². The number of nitrogens with zero attached hydrogens (tertiary/aromatic N) is 1. The molecule has 0 radical (unpaired) electrons. The van der Waals surface area contributed by atoms with Gasteiger partial charge in [-0.1, -0.05) is 19.4 Å². The molecule has 2 rings (SSSR count). The molecule has 2 atom stereocenters. The molecule has 1 aliphatic rings.